The van der Waals surface area contributed by atoms with Crippen molar-refractivity contribution < 1.29 is 17.9 Å². The van der Waals surface area contributed by atoms with E-state index in [0.717, 1.165) is 34.5 Å². The summed E-state index contributed by atoms with van der Waals surface area (Å²) in [6, 6.07) is 8.25. The van der Waals surface area contributed by atoms with Gasteiger partial charge in [-0.05, 0) is 36.6 Å². The Morgan fingerprint density at radius 2 is 1.91 bits per heavy atom. The summed E-state index contributed by atoms with van der Waals surface area (Å²) in [5, 5.41) is 0. The summed E-state index contributed by atoms with van der Waals surface area (Å²) in [5.41, 5.74) is 3.52. The number of esters is 1. The number of carbonyl (C=O) groups excluding carboxylic acids is 1. The van der Waals surface area contributed by atoms with Crippen LogP contribution in [0.15, 0.2) is 41.4 Å². The molecule has 0 bridgehead atoms. The van der Waals surface area contributed by atoms with Crippen LogP contribution >= 0.6 is 0 Å². The molecule has 2 aromatic heterocycles. The number of likely N-dealkylation sites (N-methyl/N-ethyl adjacent to an activating group) is 1. The fourth-order valence-electron chi connectivity index (χ4n) is 3.66. The molecule has 32 heavy (non-hydrogen) atoms. The van der Waals surface area contributed by atoms with E-state index in [9.17, 15) is 13.2 Å². The SMILES string of the molecule is CC[C@H](C)[C@@H](COC(C)=O)N(C)S(=O)(=O)c1ccc(Cc2nccc3[nH]c(C)nc23)cc1. The Kier molecular flexibility index (Phi) is 7.30. The maximum Gasteiger partial charge on any atom is 0.302 e. The average Bonchev–Trinajstić information content (AvgIpc) is 3.15. The van der Waals surface area contributed by atoms with Gasteiger partial charge in [-0.25, -0.2) is 13.4 Å². The van der Waals surface area contributed by atoms with E-state index in [0.29, 0.717) is 6.42 Å². The molecule has 1 N–H and O–H groups in total. The van der Waals surface area contributed by atoms with Crippen molar-refractivity contribution in [2.75, 3.05) is 13.7 Å². The molecule has 3 aromatic rings. The maximum atomic E-state index is 13.2. The van der Waals surface area contributed by atoms with Gasteiger partial charge in [0, 0.05) is 26.6 Å². The molecule has 0 fully saturated rings. The lowest BCUT2D eigenvalue weighted by atomic mass is 10.0. The van der Waals surface area contributed by atoms with Crippen molar-refractivity contribution in [2.45, 2.75) is 51.5 Å². The van der Waals surface area contributed by atoms with Gasteiger partial charge >= 0.3 is 5.97 Å². The third kappa shape index (κ3) is 5.16. The standard InChI is InChI=1S/C23H30N4O4S/c1-6-15(2)22(14-31-17(4)28)27(5)32(29,30)19-9-7-18(8-10-19)13-21-23-20(11-12-24-21)25-16(3)26-23/h7-12,15,22H,6,13-14H2,1-5H3,(H,25,26)/t15-,22+/m0/s1. The number of aromatic amines is 1. The van der Waals surface area contributed by atoms with Crippen LogP contribution in [0.3, 0.4) is 0 Å². The van der Waals surface area contributed by atoms with Gasteiger partial charge in [0.25, 0.3) is 0 Å². The third-order valence-electron chi connectivity index (χ3n) is 5.79. The summed E-state index contributed by atoms with van der Waals surface area (Å²) < 4.78 is 32.9. The third-order valence-corrected chi connectivity index (χ3v) is 7.69. The van der Waals surface area contributed by atoms with Crippen LogP contribution in [0.4, 0.5) is 0 Å². The molecule has 0 aliphatic rings. The highest BCUT2D eigenvalue weighted by molar-refractivity contribution is 7.89. The predicted octanol–water partition coefficient (Wildman–Crippen LogP) is 3.46. The number of aromatic nitrogens is 3. The van der Waals surface area contributed by atoms with E-state index in [1.165, 1.54) is 18.3 Å². The Morgan fingerprint density at radius 1 is 1.22 bits per heavy atom. The quantitative estimate of drug-likeness (QED) is 0.492. The average molecular weight is 459 g/mol. The molecule has 2 heterocycles. The topological polar surface area (TPSA) is 105 Å². The van der Waals surface area contributed by atoms with Crippen LogP contribution in [-0.2, 0) is 26.0 Å². The van der Waals surface area contributed by atoms with Crippen molar-refractivity contribution in [1.29, 1.82) is 0 Å². The minimum atomic E-state index is -3.75. The molecule has 3 rings (SSSR count). The molecule has 8 nitrogen and oxygen atoms in total. The largest absolute Gasteiger partial charge is 0.464 e. The van der Waals surface area contributed by atoms with Crippen LogP contribution in [0.1, 0.15) is 44.3 Å². The van der Waals surface area contributed by atoms with Crippen LogP contribution in [0, 0.1) is 12.8 Å². The second-order valence-electron chi connectivity index (χ2n) is 8.07. The molecule has 0 saturated carbocycles. The Morgan fingerprint density at radius 3 is 2.53 bits per heavy atom. The number of imidazole rings is 1. The first kappa shape index (κ1) is 23.9. The number of hydrogen-bond acceptors (Lipinski definition) is 6. The van der Waals surface area contributed by atoms with E-state index in [-0.39, 0.29) is 17.4 Å². The number of carbonyl (C=O) groups is 1. The van der Waals surface area contributed by atoms with Crippen LogP contribution in [-0.4, -0.2) is 53.3 Å². The van der Waals surface area contributed by atoms with Gasteiger partial charge in [0.05, 0.1) is 22.1 Å². The number of pyridine rings is 1. The van der Waals surface area contributed by atoms with Crippen LogP contribution in [0.2, 0.25) is 0 Å². The second kappa shape index (κ2) is 9.79. The van der Waals surface area contributed by atoms with Gasteiger partial charge in [0.15, 0.2) is 0 Å². The van der Waals surface area contributed by atoms with Crippen molar-refractivity contribution in [3.63, 3.8) is 0 Å². The molecule has 9 heteroatoms. The van der Waals surface area contributed by atoms with E-state index < -0.39 is 22.0 Å². The number of benzene rings is 1. The lowest BCUT2D eigenvalue weighted by molar-refractivity contribution is -0.142. The van der Waals surface area contributed by atoms with Gasteiger partial charge in [-0.1, -0.05) is 32.4 Å². The molecule has 172 valence electrons. The number of fused-ring (bicyclic) bond motifs is 1. The van der Waals surface area contributed by atoms with Crippen LogP contribution in [0.25, 0.3) is 11.0 Å². The molecule has 0 amide bonds. The number of H-pyrrole nitrogens is 1. The second-order valence-corrected chi connectivity index (χ2v) is 10.1. The zero-order chi connectivity index (χ0) is 23.5. The van der Waals surface area contributed by atoms with Crippen LogP contribution in [0.5, 0.6) is 0 Å². The van der Waals surface area contributed by atoms with E-state index >= 15 is 0 Å². The Bertz CT molecular complexity index is 1190. The summed E-state index contributed by atoms with van der Waals surface area (Å²) in [4.78, 5) is 23.6. The van der Waals surface area contributed by atoms with E-state index in [1.54, 1.807) is 30.5 Å². The molecule has 1 aromatic carbocycles. The van der Waals surface area contributed by atoms with Crippen molar-refractivity contribution in [3.8, 4) is 0 Å². The minimum Gasteiger partial charge on any atom is -0.464 e. The monoisotopic (exact) mass is 458 g/mol. The van der Waals surface area contributed by atoms with Crippen molar-refractivity contribution in [3.05, 3.63) is 53.6 Å². The number of hydrogen-bond donors (Lipinski definition) is 1. The molecule has 0 aliphatic carbocycles. The normalized spacial score (nSPS) is 13.9. The fourth-order valence-corrected chi connectivity index (χ4v) is 5.10. The first-order valence-electron chi connectivity index (χ1n) is 10.6. The summed E-state index contributed by atoms with van der Waals surface area (Å²) in [7, 11) is -2.22. The molecule has 0 radical (unpaired) electrons. The zero-order valence-electron chi connectivity index (χ0n) is 19.1. The molecular formula is C23H30N4O4S. The molecule has 0 unspecified atom stereocenters. The number of nitrogens with zero attached hydrogens (tertiary/aromatic N) is 3. The molecule has 0 aliphatic heterocycles. The maximum absolute atomic E-state index is 13.2. The van der Waals surface area contributed by atoms with Crippen molar-refractivity contribution in [2.24, 2.45) is 5.92 Å². The van der Waals surface area contributed by atoms with Gasteiger partial charge in [0.2, 0.25) is 10.0 Å². The Labute approximate surface area is 189 Å². The van der Waals surface area contributed by atoms with Crippen molar-refractivity contribution >= 4 is 27.0 Å². The zero-order valence-corrected chi connectivity index (χ0v) is 19.9. The van der Waals surface area contributed by atoms with Gasteiger partial charge in [0.1, 0.15) is 17.9 Å². The number of sulfonamides is 1. The lowest BCUT2D eigenvalue weighted by Gasteiger charge is -2.31. The molecular weight excluding hydrogens is 428 g/mol. The fraction of sp³-hybridized carbons (Fsp3) is 0.435. The minimum absolute atomic E-state index is 0.0247. The van der Waals surface area contributed by atoms with E-state index in [2.05, 4.69) is 15.0 Å². The molecule has 2 atom stereocenters. The summed E-state index contributed by atoms with van der Waals surface area (Å²) in [5.74, 6) is 0.421. The Hall–Kier alpha value is -2.78. The van der Waals surface area contributed by atoms with Gasteiger partial charge in [-0.15, -0.1) is 0 Å². The lowest BCUT2D eigenvalue weighted by Crippen LogP contribution is -2.44. The van der Waals surface area contributed by atoms with Gasteiger partial charge in [-0.3, -0.25) is 9.78 Å². The highest BCUT2D eigenvalue weighted by Gasteiger charge is 2.32. The first-order chi connectivity index (χ1) is 15.1. The highest BCUT2D eigenvalue weighted by atomic mass is 32.2. The highest BCUT2D eigenvalue weighted by Crippen LogP contribution is 2.24. The number of aryl methyl sites for hydroxylation is 1. The van der Waals surface area contributed by atoms with Gasteiger partial charge in [-0.2, -0.15) is 4.31 Å². The summed E-state index contributed by atoms with van der Waals surface area (Å²) >= 11 is 0. The van der Waals surface area contributed by atoms with E-state index in [4.69, 9.17) is 4.74 Å². The van der Waals surface area contributed by atoms with Crippen LogP contribution < -0.4 is 0 Å². The number of rotatable bonds is 9. The molecule has 0 spiro atoms. The van der Waals surface area contributed by atoms with Gasteiger partial charge < -0.3 is 9.72 Å². The first-order valence-corrected chi connectivity index (χ1v) is 12.1. The smallest absolute Gasteiger partial charge is 0.302 e. The molecule has 0 saturated heterocycles. The summed E-state index contributed by atoms with van der Waals surface area (Å²) in [6.07, 6.45) is 3.04. The number of ether oxygens (including phenoxy) is 1. The van der Waals surface area contributed by atoms with Crippen molar-refractivity contribution in [1.82, 2.24) is 19.3 Å². The van der Waals surface area contributed by atoms with E-state index in [1.807, 2.05) is 26.8 Å². The summed E-state index contributed by atoms with van der Waals surface area (Å²) in [6.45, 7) is 7.18. The predicted molar refractivity (Wildman–Crippen MR) is 123 cm³/mol. The number of nitrogens with one attached hydrogen (secondary N) is 1. The Balaban J connectivity index is 1.82.